The number of benzene rings is 1. The van der Waals surface area contributed by atoms with E-state index in [0.717, 1.165) is 0 Å². The van der Waals surface area contributed by atoms with Gasteiger partial charge in [0.2, 0.25) is 0 Å². The summed E-state index contributed by atoms with van der Waals surface area (Å²) in [5, 5.41) is 1.23. The average molecular weight is 881 g/mol. The smallest absolute Gasteiger partial charge is 0.340 e. The van der Waals surface area contributed by atoms with Crippen LogP contribution in [0.5, 0.6) is 0 Å². The number of ether oxygens (including phenoxy) is 2. The Balaban J connectivity index is 3.30. The lowest BCUT2D eigenvalue weighted by Crippen LogP contribution is -2.21. The molecule has 0 saturated carbocycles. The molecule has 0 aliphatic heterocycles. The Labute approximate surface area is 218 Å². The molecule has 0 amide bonds. The highest BCUT2D eigenvalue weighted by atomic mass is 79.9. The fourth-order valence-corrected chi connectivity index (χ4v) is 4.66. The first-order valence-electron chi connectivity index (χ1n) is 6.75. The predicted octanol–water partition coefficient (Wildman–Crippen LogP) is 7.37. The van der Waals surface area contributed by atoms with Crippen molar-refractivity contribution in [2.45, 2.75) is 9.65 Å². The van der Waals surface area contributed by atoms with Gasteiger partial charge in [0.05, 0.1) is 20.8 Å². The van der Waals surface area contributed by atoms with Crippen LogP contribution in [0.4, 0.5) is 0 Å². The van der Waals surface area contributed by atoms with Gasteiger partial charge in [0.25, 0.3) is 0 Å². The molecule has 0 radical (unpaired) electrons. The minimum atomic E-state index is -0.640. The first kappa shape index (κ1) is 26.0. The summed E-state index contributed by atoms with van der Waals surface area (Å²) in [6.07, 6.45) is 0. The van der Waals surface area contributed by atoms with Crippen molar-refractivity contribution in [3.8, 4) is 0 Å². The SMILES string of the molecule is O=C(OCC(Br)CBr)c1c(Br)c(Br)c(Br)c(Br)c1C(=O)OCC(Br)CBr. The number of carbonyl (C=O) groups excluding carboxylic acids is 2. The van der Waals surface area contributed by atoms with Gasteiger partial charge in [0, 0.05) is 28.6 Å². The molecule has 2 atom stereocenters. The summed E-state index contributed by atoms with van der Waals surface area (Å²) in [7, 11) is 0. The van der Waals surface area contributed by atoms with E-state index >= 15 is 0 Å². The van der Waals surface area contributed by atoms with Crippen LogP contribution in [0.25, 0.3) is 0 Å². The molecule has 12 heteroatoms. The molecule has 0 fully saturated rings. The summed E-state index contributed by atoms with van der Waals surface area (Å²) in [6, 6.07) is 0. The number of hydrogen-bond acceptors (Lipinski definition) is 4. The number of carbonyl (C=O) groups is 2. The van der Waals surface area contributed by atoms with Crippen molar-refractivity contribution in [2.75, 3.05) is 23.9 Å². The van der Waals surface area contributed by atoms with Gasteiger partial charge in [0.15, 0.2) is 0 Å². The highest BCUT2D eigenvalue weighted by Gasteiger charge is 2.30. The van der Waals surface area contributed by atoms with Gasteiger partial charge in [-0.25, -0.2) is 9.59 Å². The molecule has 0 aliphatic rings. The molecule has 0 heterocycles. The summed E-state index contributed by atoms with van der Waals surface area (Å²) in [6.45, 7) is 0.284. The number of alkyl halides is 4. The van der Waals surface area contributed by atoms with Gasteiger partial charge < -0.3 is 9.47 Å². The Hall–Kier alpha value is 2.00. The van der Waals surface area contributed by atoms with Crippen molar-refractivity contribution in [1.82, 2.24) is 0 Å². The first-order chi connectivity index (χ1) is 12.1. The molecule has 0 saturated heterocycles. The minimum Gasteiger partial charge on any atom is -0.461 e. The quantitative estimate of drug-likeness (QED) is 0.119. The number of hydrogen-bond donors (Lipinski definition) is 0. The zero-order chi connectivity index (χ0) is 20.0. The minimum absolute atomic E-state index is 0.0453. The van der Waals surface area contributed by atoms with E-state index in [-0.39, 0.29) is 34.0 Å². The molecule has 26 heavy (non-hydrogen) atoms. The van der Waals surface area contributed by atoms with Gasteiger partial charge in [-0.1, -0.05) is 63.7 Å². The Morgan fingerprint density at radius 2 is 1.00 bits per heavy atom. The van der Waals surface area contributed by atoms with Gasteiger partial charge in [-0.3, -0.25) is 0 Å². The van der Waals surface area contributed by atoms with Crippen molar-refractivity contribution < 1.29 is 19.1 Å². The number of rotatable bonds is 8. The van der Waals surface area contributed by atoms with Crippen LogP contribution < -0.4 is 0 Å². The van der Waals surface area contributed by atoms with Crippen LogP contribution in [-0.2, 0) is 9.47 Å². The highest BCUT2D eigenvalue weighted by molar-refractivity contribution is 9.15. The summed E-state index contributed by atoms with van der Waals surface area (Å²) in [5.41, 5.74) is 0.160. The molecule has 1 aromatic rings. The third-order valence-corrected chi connectivity index (χ3v) is 12.0. The Morgan fingerprint density at radius 3 is 1.27 bits per heavy atom. The van der Waals surface area contributed by atoms with E-state index in [1.165, 1.54) is 0 Å². The zero-order valence-corrected chi connectivity index (χ0v) is 25.3. The molecule has 1 rings (SSSR count). The van der Waals surface area contributed by atoms with E-state index in [4.69, 9.17) is 9.47 Å². The lowest BCUT2D eigenvalue weighted by molar-refractivity contribution is 0.0464. The largest absolute Gasteiger partial charge is 0.461 e. The molecule has 0 aromatic heterocycles. The van der Waals surface area contributed by atoms with Crippen LogP contribution in [0.1, 0.15) is 20.7 Å². The van der Waals surface area contributed by atoms with Gasteiger partial charge in [-0.05, 0) is 63.7 Å². The van der Waals surface area contributed by atoms with Crippen LogP contribution in [0.3, 0.4) is 0 Å². The molecule has 0 spiro atoms. The molecule has 146 valence electrons. The Kier molecular flexibility index (Phi) is 12.7. The third-order valence-electron chi connectivity index (χ3n) is 2.80. The first-order valence-corrected chi connectivity index (χ1v) is 14.0. The summed E-state index contributed by atoms with van der Waals surface area (Å²) in [5.74, 6) is -1.28. The fourth-order valence-electron chi connectivity index (χ4n) is 1.58. The topological polar surface area (TPSA) is 52.6 Å². The average Bonchev–Trinajstić information content (AvgIpc) is 2.64. The number of halogens is 8. The standard InChI is InChI=1S/C14H10Br8O4/c15-1-5(17)3-25-13(23)7-8(14(24)26-4-6(18)2-16)10(20)12(22)11(21)9(7)19/h5-6H,1-4H2. The fraction of sp³-hybridized carbons (Fsp3) is 0.429. The molecule has 0 aliphatic carbocycles. The van der Waals surface area contributed by atoms with E-state index in [1.807, 2.05) is 0 Å². The molecule has 4 nitrogen and oxygen atoms in total. The Morgan fingerprint density at radius 1 is 0.692 bits per heavy atom. The maximum atomic E-state index is 12.7. The zero-order valence-electron chi connectivity index (χ0n) is 12.6. The summed E-state index contributed by atoms with van der Waals surface area (Å²) >= 11 is 26.8. The maximum Gasteiger partial charge on any atom is 0.340 e. The van der Waals surface area contributed by atoms with E-state index in [9.17, 15) is 9.59 Å². The highest BCUT2D eigenvalue weighted by Crippen LogP contribution is 2.42. The van der Waals surface area contributed by atoms with Crippen molar-refractivity contribution in [3.05, 3.63) is 29.0 Å². The van der Waals surface area contributed by atoms with Crippen molar-refractivity contribution in [2.24, 2.45) is 0 Å². The third kappa shape index (κ3) is 7.05. The van der Waals surface area contributed by atoms with Gasteiger partial charge >= 0.3 is 11.9 Å². The van der Waals surface area contributed by atoms with Gasteiger partial charge in [-0.2, -0.15) is 0 Å². The van der Waals surface area contributed by atoms with Crippen molar-refractivity contribution >= 4 is 139 Å². The van der Waals surface area contributed by atoms with Crippen LogP contribution in [0.15, 0.2) is 17.9 Å². The molecule has 1 aromatic carbocycles. The second-order valence-corrected chi connectivity index (χ2v) is 11.8. The molecular formula is C14H10Br8O4. The molecule has 0 N–H and O–H groups in total. The Bertz CT molecular complexity index is 625. The van der Waals surface area contributed by atoms with Crippen LogP contribution in [0, 0.1) is 0 Å². The lowest BCUT2D eigenvalue weighted by atomic mass is 10.1. The molecule has 2 unspecified atom stereocenters. The second kappa shape index (κ2) is 12.6. The van der Waals surface area contributed by atoms with Crippen LogP contribution >= 0.6 is 127 Å². The number of esters is 2. The summed E-state index contributed by atoms with van der Waals surface area (Å²) in [4.78, 5) is 25.2. The maximum absolute atomic E-state index is 12.7. The second-order valence-electron chi connectivity index (χ2n) is 4.71. The van der Waals surface area contributed by atoms with E-state index in [2.05, 4.69) is 127 Å². The van der Waals surface area contributed by atoms with Crippen LogP contribution in [-0.4, -0.2) is 45.5 Å². The lowest BCUT2D eigenvalue weighted by Gasteiger charge is -2.17. The van der Waals surface area contributed by atoms with Crippen LogP contribution in [0.2, 0.25) is 0 Å². The van der Waals surface area contributed by atoms with Gasteiger partial charge in [-0.15, -0.1) is 0 Å². The normalized spacial score (nSPS) is 13.2. The monoisotopic (exact) mass is 873 g/mol. The van der Waals surface area contributed by atoms with E-state index < -0.39 is 11.9 Å². The molecule has 0 bridgehead atoms. The van der Waals surface area contributed by atoms with Gasteiger partial charge in [0.1, 0.15) is 13.2 Å². The molecular weight excluding hydrogens is 871 g/mol. The van der Waals surface area contributed by atoms with Crippen molar-refractivity contribution in [3.63, 3.8) is 0 Å². The predicted molar refractivity (Wildman–Crippen MR) is 131 cm³/mol. The van der Waals surface area contributed by atoms with E-state index in [1.54, 1.807) is 0 Å². The van der Waals surface area contributed by atoms with E-state index in [0.29, 0.717) is 28.6 Å². The summed E-state index contributed by atoms with van der Waals surface area (Å²) < 4.78 is 12.6. The van der Waals surface area contributed by atoms with Crippen molar-refractivity contribution in [1.29, 1.82) is 0 Å².